The molecule has 1 aliphatic rings. The van der Waals surface area contributed by atoms with Gasteiger partial charge in [0.2, 0.25) is 0 Å². The molecule has 0 saturated heterocycles. The van der Waals surface area contributed by atoms with E-state index in [1.165, 1.54) is 18.5 Å². The van der Waals surface area contributed by atoms with Crippen LogP contribution in [0.25, 0.3) is 21.2 Å². The first-order valence-corrected chi connectivity index (χ1v) is 11.8. The number of carboxylic acid groups (broad SMARTS) is 1. The fourth-order valence-electron chi connectivity index (χ4n) is 3.58. The summed E-state index contributed by atoms with van der Waals surface area (Å²) in [4.78, 5) is 15.1. The quantitative estimate of drug-likeness (QED) is 0.319. The van der Waals surface area contributed by atoms with Crippen molar-refractivity contribution in [2.24, 2.45) is 4.99 Å². The third-order valence-corrected chi connectivity index (χ3v) is 6.64. The molecule has 0 bridgehead atoms. The monoisotopic (exact) mass is 493 g/mol. The lowest BCUT2D eigenvalue weighted by atomic mass is 10.0. The summed E-state index contributed by atoms with van der Waals surface area (Å²) in [6.07, 6.45) is 1.56. The molecule has 34 heavy (non-hydrogen) atoms. The summed E-state index contributed by atoms with van der Waals surface area (Å²) in [6, 6.07) is 16.5. The van der Waals surface area contributed by atoms with Gasteiger partial charge in [-0.2, -0.15) is 4.37 Å². The summed E-state index contributed by atoms with van der Waals surface area (Å²) in [6.45, 7) is 2.60. The highest BCUT2D eigenvalue weighted by molar-refractivity contribution is 7.13. The number of halogens is 1. The van der Waals surface area contributed by atoms with Gasteiger partial charge in [-0.05, 0) is 59.9 Å². The Morgan fingerprint density at radius 2 is 2.00 bits per heavy atom. The lowest BCUT2D eigenvalue weighted by Gasteiger charge is -2.19. The predicted molar refractivity (Wildman–Crippen MR) is 135 cm³/mol. The summed E-state index contributed by atoms with van der Waals surface area (Å²) in [5.74, 6) is 1.13. The van der Waals surface area contributed by atoms with Gasteiger partial charge in [-0.3, -0.25) is 4.99 Å². The topological polar surface area (TPSA) is 93.0 Å². The molecule has 4 aromatic rings. The Labute approximate surface area is 204 Å². The van der Waals surface area contributed by atoms with Crippen LogP contribution in [0.3, 0.4) is 0 Å². The Bertz CT molecular complexity index is 1420. The molecular formula is C25H20ClN3O4S. The van der Waals surface area contributed by atoms with E-state index < -0.39 is 12.0 Å². The number of aliphatic carboxylic acids is 1. The smallest absolute Gasteiger partial charge is 0.328 e. The molecule has 0 radical (unpaired) electrons. The number of nitrogens with one attached hydrogen (secondary N) is 1. The van der Waals surface area contributed by atoms with Crippen molar-refractivity contribution in [3.05, 3.63) is 65.2 Å². The van der Waals surface area contributed by atoms with Crippen LogP contribution in [0.1, 0.15) is 12.5 Å². The number of aromatic nitrogens is 1. The van der Waals surface area contributed by atoms with E-state index in [2.05, 4.69) is 14.7 Å². The number of nitrogens with zero attached hydrogens (tertiary/aromatic N) is 2. The number of hydrogen-bond acceptors (Lipinski definition) is 7. The summed E-state index contributed by atoms with van der Waals surface area (Å²) >= 11 is 8.17. The molecular weight excluding hydrogens is 474 g/mol. The van der Waals surface area contributed by atoms with Crippen molar-refractivity contribution in [2.75, 3.05) is 18.5 Å². The van der Waals surface area contributed by atoms with Gasteiger partial charge >= 0.3 is 5.97 Å². The van der Waals surface area contributed by atoms with Crippen LogP contribution < -0.4 is 14.8 Å². The molecule has 2 N–H and O–H groups in total. The SMILES string of the molecule is C[C@H](N=Cc1ccc2snc(Nc3cccc(-c4ccc5c(c4)OCCO5)c3Cl)c2c1)C(=O)O. The minimum Gasteiger partial charge on any atom is -0.486 e. The maximum atomic E-state index is 11.0. The van der Waals surface area contributed by atoms with Crippen LogP contribution in [-0.4, -0.2) is 40.9 Å². The fourth-order valence-corrected chi connectivity index (χ4v) is 4.58. The highest BCUT2D eigenvalue weighted by atomic mass is 35.5. The van der Waals surface area contributed by atoms with Gasteiger partial charge in [0.1, 0.15) is 19.3 Å². The van der Waals surface area contributed by atoms with Gasteiger partial charge in [-0.25, -0.2) is 4.79 Å². The van der Waals surface area contributed by atoms with Crippen molar-refractivity contribution in [1.82, 2.24) is 4.37 Å². The number of ether oxygens (including phenoxy) is 2. The van der Waals surface area contributed by atoms with E-state index >= 15 is 0 Å². The molecule has 1 aromatic heterocycles. The first-order chi connectivity index (χ1) is 16.5. The Morgan fingerprint density at radius 1 is 1.18 bits per heavy atom. The molecule has 0 aliphatic carbocycles. The zero-order valence-electron chi connectivity index (χ0n) is 18.1. The maximum absolute atomic E-state index is 11.0. The standard InChI is InChI=1S/C25H20ClN3O4S/c1-14(25(30)31)27-13-15-5-8-22-18(11-15)24(29-34-22)28-19-4-2-3-17(23(19)26)16-6-7-20-21(12-16)33-10-9-32-20/h2-8,11-14H,9-10H2,1H3,(H,28,29)(H,30,31)/t14-/m0/s1. The largest absolute Gasteiger partial charge is 0.486 e. The van der Waals surface area contributed by atoms with Gasteiger partial charge < -0.3 is 19.9 Å². The van der Waals surface area contributed by atoms with E-state index in [0.717, 1.165) is 38.2 Å². The van der Waals surface area contributed by atoms with Crippen molar-refractivity contribution in [3.8, 4) is 22.6 Å². The normalized spacial score (nSPS) is 13.8. The summed E-state index contributed by atoms with van der Waals surface area (Å²) < 4.78 is 16.9. The number of carbonyl (C=O) groups is 1. The van der Waals surface area contributed by atoms with Crippen LogP contribution in [0.5, 0.6) is 11.5 Å². The zero-order chi connectivity index (χ0) is 23.7. The van der Waals surface area contributed by atoms with Crippen LogP contribution in [-0.2, 0) is 4.79 Å². The predicted octanol–water partition coefficient (Wildman–Crippen LogP) is 6.02. The Hall–Kier alpha value is -3.62. The molecule has 1 atom stereocenters. The molecule has 1 aliphatic heterocycles. The van der Waals surface area contributed by atoms with Gasteiger partial charge in [0.05, 0.1) is 15.4 Å². The van der Waals surface area contributed by atoms with Crippen LogP contribution in [0, 0.1) is 0 Å². The van der Waals surface area contributed by atoms with Crippen LogP contribution >= 0.6 is 23.1 Å². The first-order valence-electron chi connectivity index (χ1n) is 10.6. The van der Waals surface area contributed by atoms with Gasteiger partial charge in [-0.15, -0.1) is 0 Å². The highest BCUT2D eigenvalue weighted by Crippen LogP contribution is 2.40. The summed E-state index contributed by atoms with van der Waals surface area (Å²) in [5.41, 5.74) is 3.30. The molecule has 0 fully saturated rings. The third-order valence-electron chi connectivity index (χ3n) is 5.40. The van der Waals surface area contributed by atoms with Gasteiger partial charge in [-0.1, -0.05) is 35.9 Å². The zero-order valence-corrected chi connectivity index (χ0v) is 19.7. The fraction of sp³-hybridized carbons (Fsp3) is 0.160. The second-order valence-electron chi connectivity index (χ2n) is 7.73. The first kappa shape index (κ1) is 22.2. The van der Waals surface area contributed by atoms with E-state index in [-0.39, 0.29) is 0 Å². The van der Waals surface area contributed by atoms with Crippen molar-refractivity contribution < 1.29 is 19.4 Å². The molecule has 0 saturated carbocycles. The van der Waals surface area contributed by atoms with Crippen LogP contribution in [0.2, 0.25) is 5.02 Å². The number of hydrogen-bond donors (Lipinski definition) is 2. The lowest BCUT2D eigenvalue weighted by Crippen LogP contribution is -2.15. The average molecular weight is 494 g/mol. The molecule has 7 nitrogen and oxygen atoms in total. The van der Waals surface area contributed by atoms with E-state index in [4.69, 9.17) is 26.2 Å². The number of fused-ring (bicyclic) bond motifs is 2. The van der Waals surface area contributed by atoms with Crippen molar-refractivity contribution >= 4 is 56.9 Å². The average Bonchev–Trinajstić information content (AvgIpc) is 3.25. The van der Waals surface area contributed by atoms with Gasteiger partial charge in [0.15, 0.2) is 17.3 Å². The molecule has 172 valence electrons. The Kier molecular flexibility index (Phi) is 6.08. The number of benzene rings is 3. The minimum absolute atomic E-state index is 0.518. The molecule has 3 aromatic carbocycles. The van der Waals surface area contributed by atoms with E-state index in [1.807, 2.05) is 54.6 Å². The molecule has 2 heterocycles. The lowest BCUT2D eigenvalue weighted by molar-refractivity contribution is -0.137. The van der Waals surface area contributed by atoms with E-state index in [9.17, 15) is 4.79 Å². The molecule has 0 unspecified atom stereocenters. The summed E-state index contributed by atoms with van der Waals surface area (Å²) in [5, 5.41) is 13.9. The number of rotatable bonds is 6. The minimum atomic E-state index is -0.968. The number of carboxylic acids is 1. The Balaban J connectivity index is 1.45. The molecule has 9 heteroatoms. The molecule has 0 amide bonds. The second-order valence-corrected chi connectivity index (χ2v) is 8.91. The number of anilines is 2. The highest BCUT2D eigenvalue weighted by Gasteiger charge is 2.16. The van der Waals surface area contributed by atoms with E-state index in [0.29, 0.717) is 29.8 Å². The van der Waals surface area contributed by atoms with Gasteiger partial charge in [0, 0.05) is 17.2 Å². The second kappa shape index (κ2) is 9.32. The molecule has 5 rings (SSSR count). The van der Waals surface area contributed by atoms with Crippen LogP contribution in [0.4, 0.5) is 11.5 Å². The van der Waals surface area contributed by atoms with Crippen LogP contribution in [0.15, 0.2) is 59.6 Å². The van der Waals surface area contributed by atoms with Gasteiger partial charge in [0.25, 0.3) is 0 Å². The third kappa shape index (κ3) is 4.42. The van der Waals surface area contributed by atoms with Crippen molar-refractivity contribution in [3.63, 3.8) is 0 Å². The van der Waals surface area contributed by atoms with E-state index in [1.54, 1.807) is 6.21 Å². The van der Waals surface area contributed by atoms with Crippen molar-refractivity contribution in [1.29, 1.82) is 0 Å². The molecule has 0 spiro atoms. The Morgan fingerprint density at radius 3 is 2.82 bits per heavy atom. The van der Waals surface area contributed by atoms with Crippen molar-refractivity contribution in [2.45, 2.75) is 13.0 Å². The summed E-state index contributed by atoms with van der Waals surface area (Å²) in [7, 11) is 0. The number of aliphatic imine (C=N–C) groups is 1. The maximum Gasteiger partial charge on any atom is 0.328 e.